The van der Waals surface area contributed by atoms with Crippen LogP contribution in [0, 0.1) is 0 Å². The fourth-order valence-corrected chi connectivity index (χ4v) is 3.47. The van der Waals surface area contributed by atoms with Crippen molar-refractivity contribution in [2.24, 2.45) is 0 Å². The van der Waals surface area contributed by atoms with Crippen LogP contribution in [0.15, 0.2) is 51.4 Å². The second-order valence-corrected chi connectivity index (χ2v) is 6.60. The van der Waals surface area contributed by atoms with E-state index in [9.17, 15) is 14.4 Å². The molecule has 0 saturated carbocycles. The van der Waals surface area contributed by atoms with Gasteiger partial charge in [0.05, 0.1) is 11.2 Å². The summed E-state index contributed by atoms with van der Waals surface area (Å²) >= 11 is 1.27. The van der Waals surface area contributed by atoms with E-state index in [1.807, 2.05) is 13.0 Å². The maximum Gasteiger partial charge on any atom is 0.336 e. The van der Waals surface area contributed by atoms with Gasteiger partial charge in [0.2, 0.25) is 5.91 Å². The molecule has 1 amide bonds. The Bertz CT molecular complexity index is 1000. The van der Waals surface area contributed by atoms with Crippen molar-refractivity contribution in [1.82, 2.24) is 14.5 Å². The lowest BCUT2D eigenvalue weighted by Gasteiger charge is -2.12. The van der Waals surface area contributed by atoms with Crippen molar-refractivity contribution in [3.05, 3.63) is 62.6 Å². The van der Waals surface area contributed by atoms with Crippen LogP contribution in [0.25, 0.3) is 15.9 Å². The SMILES string of the molecule is CCCCNC(=O)Cn1c(=O)n(-c2ccccc2)c(=O)c2sccc21. The lowest BCUT2D eigenvalue weighted by Crippen LogP contribution is -2.41. The van der Waals surface area contributed by atoms with Crippen molar-refractivity contribution < 1.29 is 4.79 Å². The fraction of sp³-hybridized carbons (Fsp3) is 0.278. The summed E-state index contributed by atoms with van der Waals surface area (Å²) < 4.78 is 2.95. The Morgan fingerprint density at radius 1 is 1.16 bits per heavy atom. The molecule has 0 atom stereocenters. The first-order valence-electron chi connectivity index (χ1n) is 8.18. The van der Waals surface area contributed by atoms with Gasteiger partial charge >= 0.3 is 5.69 Å². The predicted molar refractivity (Wildman–Crippen MR) is 99.6 cm³/mol. The van der Waals surface area contributed by atoms with Gasteiger partial charge in [-0.3, -0.25) is 14.2 Å². The summed E-state index contributed by atoms with van der Waals surface area (Å²) in [5, 5.41) is 4.56. The van der Waals surface area contributed by atoms with E-state index in [1.165, 1.54) is 15.9 Å². The summed E-state index contributed by atoms with van der Waals surface area (Å²) in [6, 6.07) is 10.5. The number of unbranched alkanes of at least 4 members (excludes halogenated alkanes) is 1. The minimum absolute atomic E-state index is 0.108. The van der Waals surface area contributed by atoms with E-state index in [2.05, 4.69) is 5.32 Å². The maximum absolute atomic E-state index is 12.9. The van der Waals surface area contributed by atoms with Crippen molar-refractivity contribution >= 4 is 27.5 Å². The van der Waals surface area contributed by atoms with E-state index >= 15 is 0 Å². The van der Waals surface area contributed by atoms with Gasteiger partial charge < -0.3 is 5.32 Å². The maximum atomic E-state index is 12.9. The topological polar surface area (TPSA) is 73.1 Å². The van der Waals surface area contributed by atoms with Gasteiger partial charge in [-0.1, -0.05) is 31.5 Å². The van der Waals surface area contributed by atoms with Gasteiger partial charge in [0.1, 0.15) is 11.2 Å². The van der Waals surface area contributed by atoms with Crippen molar-refractivity contribution in [3.63, 3.8) is 0 Å². The molecule has 3 aromatic rings. The number of carbonyl (C=O) groups excluding carboxylic acids is 1. The van der Waals surface area contributed by atoms with Gasteiger partial charge in [0.15, 0.2) is 0 Å². The van der Waals surface area contributed by atoms with E-state index in [0.29, 0.717) is 22.4 Å². The standard InChI is InChI=1S/C18H19N3O3S/c1-2-3-10-19-15(22)12-20-14-9-11-25-16(14)17(23)21(18(20)24)13-7-5-4-6-8-13/h4-9,11H,2-3,10,12H2,1H3,(H,19,22). The first-order valence-corrected chi connectivity index (χ1v) is 9.06. The quantitative estimate of drug-likeness (QED) is 0.687. The number of thiophene rings is 1. The zero-order chi connectivity index (χ0) is 17.8. The van der Waals surface area contributed by atoms with Gasteiger partial charge in [-0.2, -0.15) is 0 Å². The summed E-state index contributed by atoms with van der Waals surface area (Å²) in [5.41, 5.74) is 0.127. The van der Waals surface area contributed by atoms with Gasteiger partial charge in [-0.25, -0.2) is 9.36 Å². The molecule has 2 aromatic heterocycles. The highest BCUT2D eigenvalue weighted by Gasteiger charge is 2.17. The highest BCUT2D eigenvalue weighted by Crippen LogP contribution is 2.16. The summed E-state index contributed by atoms with van der Waals surface area (Å²) in [4.78, 5) is 37.8. The summed E-state index contributed by atoms with van der Waals surface area (Å²) in [7, 11) is 0. The molecule has 6 nitrogen and oxygen atoms in total. The Morgan fingerprint density at radius 2 is 1.92 bits per heavy atom. The van der Waals surface area contributed by atoms with E-state index in [1.54, 1.807) is 35.7 Å². The number of fused-ring (bicyclic) bond motifs is 1. The van der Waals surface area contributed by atoms with Crippen LogP contribution in [-0.2, 0) is 11.3 Å². The minimum atomic E-state index is -0.507. The Labute approximate surface area is 148 Å². The third-order valence-electron chi connectivity index (χ3n) is 3.92. The molecule has 25 heavy (non-hydrogen) atoms. The first-order chi connectivity index (χ1) is 12.1. The van der Waals surface area contributed by atoms with E-state index < -0.39 is 5.69 Å². The Kier molecular flexibility index (Phi) is 5.14. The molecule has 0 fully saturated rings. The van der Waals surface area contributed by atoms with Crippen molar-refractivity contribution in [1.29, 1.82) is 0 Å². The van der Waals surface area contributed by atoms with Crippen molar-refractivity contribution in [2.45, 2.75) is 26.3 Å². The van der Waals surface area contributed by atoms with Crippen LogP contribution in [0.3, 0.4) is 0 Å². The van der Waals surface area contributed by atoms with Crippen LogP contribution < -0.4 is 16.6 Å². The van der Waals surface area contributed by atoms with Crippen LogP contribution in [0.5, 0.6) is 0 Å². The van der Waals surface area contributed by atoms with Crippen LogP contribution in [0.4, 0.5) is 0 Å². The Balaban J connectivity index is 2.09. The molecule has 0 unspecified atom stereocenters. The Morgan fingerprint density at radius 3 is 2.64 bits per heavy atom. The molecular formula is C18H19N3O3S. The second kappa shape index (κ2) is 7.48. The molecule has 0 radical (unpaired) electrons. The van der Waals surface area contributed by atoms with E-state index in [4.69, 9.17) is 0 Å². The predicted octanol–water partition coefficient (Wildman–Crippen LogP) is 2.13. The normalized spacial score (nSPS) is 10.9. The molecule has 0 aliphatic heterocycles. The highest BCUT2D eigenvalue weighted by molar-refractivity contribution is 7.17. The van der Waals surface area contributed by atoms with Gasteiger partial charge in [0, 0.05) is 6.54 Å². The molecule has 1 N–H and O–H groups in total. The number of aromatic nitrogens is 2. The van der Waals surface area contributed by atoms with Gasteiger partial charge in [-0.05, 0) is 30.0 Å². The number of rotatable bonds is 6. The Hall–Kier alpha value is -2.67. The number of carbonyl (C=O) groups is 1. The number of hydrogen-bond donors (Lipinski definition) is 1. The molecule has 130 valence electrons. The zero-order valence-electron chi connectivity index (χ0n) is 13.9. The van der Waals surface area contributed by atoms with Crippen molar-refractivity contribution in [2.75, 3.05) is 6.54 Å². The largest absolute Gasteiger partial charge is 0.355 e. The summed E-state index contributed by atoms with van der Waals surface area (Å²) in [6.07, 6.45) is 1.87. The van der Waals surface area contributed by atoms with Crippen LogP contribution in [0.1, 0.15) is 19.8 Å². The van der Waals surface area contributed by atoms with Crippen LogP contribution >= 0.6 is 11.3 Å². The average molecular weight is 357 g/mol. The monoisotopic (exact) mass is 357 g/mol. The number of para-hydroxylation sites is 1. The molecule has 1 aromatic carbocycles. The molecule has 7 heteroatoms. The first kappa shape index (κ1) is 17.2. The third-order valence-corrected chi connectivity index (χ3v) is 4.82. The number of amides is 1. The van der Waals surface area contributed by atoms with Gasteiger partial charge in [-0.15, -0.1) is 11.3 Å². The molecule has 2 heterocycles. The fourth-order valence-electron chi connectivity index (χ4n) is 2.65. The highest BCUT2D eigenvalue weighted by atomic mass is 32.1. The van der Waals surface area contributed by atoms with Gasteiger partial charge in [0.25, 0.3) is 5.56 Å². The molecule has 0 saturated heterocycles. The zero-order valence-corrected chi connectivity index (χ0v) is 14.7. The molecular weight excluding hydrogens is 338 g/mol. The smallest absolute Gasteiger partial charge is 0.336 e. The summed E-state index contributed by atoms with van der Waals surface area (Å²) in [6.45, 7) is 2.51. The van der Waals surface area contributed by atoms with Crippen LogP contribution in [0.2, 0.25) is 0 Å². The molecule has 3 rings (SSSR count). The summed E-state index contributed by atoms with van der Waals surface area (Å²) in [5.74, 6) is -0.235. The minimum Gasteiger partial charge on any atom is -0.355 e. The number of nitrogens with zero attached hydrogens (tertiary/aromatic N) is 2. The van der Waals surface area contributed by atoms with Crippen molar-refractivity contribution in [3.8, 4) is 5.69 Å². The number of nitrogens with one attached hydrogen (secondary N) is 1. The molecule has 0 bridgehead atoms. The lowest BCUT2D eigenvalue weighted by atomic mass is 10.3. The number of hydrogen-bond acceptors (Lipinski definition) is 4. The van der Waals surface area contributed by atoms with Crippen LogP contribution in [-0.4, -0.2) is 21.6 Å². The third kappa shape index (κ3) is 3.41. The molecule has 0 aliphatic rings. The number of benzene rings is 1. The average Bonchev–Trinajstić information content (AvgIpc) is 3.10. The molecule has 0 spiro atoms. The van der Waals surface area contributed by atoms with E-state index in [-0.39, 0.29) is 18.0 Å². The second-order valence-electron chi connectivity index (χ2n) is 5.68. The lowest BCUT2D eigenvalue weighted by molar-refractivity contribution is -0.121. The van der Waals surface area contributed by atoms with E-state index in [0.717, 1.165) is 17.4 Å². The molecule has 0 aliphatic carbocycles.